The maximum absolute atomic E-state index is 14.6. The van der Waals surface area contributed by atoms with Gasteiger partial charge in [-0.3, -0.25) is 9.36 Å². The second-order valence-electron chi connectivity index (χ2n) is 5.92. The normalized spacial score (nSPS) is 16.5. The zero-order valence-corrected chi connectivity index (χ0v) is 15.3. The van der Waals surface area contributed by atoms with Crippen LogP contribution in [-0.4, -0.2) is 49.9 Å². The molecule has 27 heavy (non-hydrogen) atoms. The van der Waals surface area contributed by atoms with E-state index in [1.165, 1.54) is 22.1 Å². The van der Waals surface area contributed by atoms with E-state index in [2.05, 4.69) is 9.97 Å². The Balaban J connectivity index is 0.00000210. The number of nitrogens with zero attached hydrogens (tertiary/aromatic N) is 4. The molecule has 0 aliphatic carbocycles. The summed E-state index contributed by atoms with van der Waals surface area (Å²) in [6.07, 6.45) is 2.61. The van der Waals surface area contributed by atoms with Gasteiger partial charge in [-0.05, 0) is 12.5 Å². The Morgan fingerprint density at radius 1 is 1.41 bits per heavy atom. The van der Waals surface area contributed by atoms with Crippen molar-refractivity contribution in [2.75, 3.05) is 18.0 Å². The molecule has 2 N–H and O–H groups in total. The van der Waals surface area contributed by atoms with Gasteiger partial charge in [-0.15, -0.1) is 23.7 Å². The van der Waals surface area contributed by atoms with Crippen LogP contribution in [0, 0.1) is 5.82 Å². The third-order valence-corrected chi connectivity index (χ3v) is 5.00. The molecule has 0 radical (unpaired) electrons. The zero-order chi connectivity index (χ0) is 18.4. The summed E-state index contributed by atoms with van der Waals surface area (Å²) >= 11 is 1.23. The summed E-state index contributed by atoms with van der Waals surface area (Å²) in [5.74, 6) is -2.13. The van der Waals surface area contributed by atoms with Crippen molar-refractivity contribution in [2.45, 2.75) is 12.5 Å². The van der Waals surface area contributed by atoms with E-state index in [4.69, 9.17) is 0 Å². The number of halogens is 2. The minimum absolute atomic E-state index is 0. The van der Waals surface area contributed by atoms with Gasteiger partial charge in [0.15, 0.2) is 22.4 Å². The maximum Gasteiger partial charge on any atom is 0.341 e. The molecule has 4 rings (SSSR count). The first-order valence-electron chi connectivity index (χ1n) is 7.78. The summed E-state index contributed by atoms with van der Waals surface area (Å²) in [6, 6.07) is 1.00. The Kier molecular flexibility index (Phi) is 5.13. The topological polar surface area (TPSA) is 109 Å². The number of fused-ring (bicyclic) bond motifs is 1. The van der Waals surface area contributed by atoms with E-state index >= 15 is 0 Å². The quantitative estimate of drug-likeness (QED) is 0.673. The van der Waals surface area contributed by atoms with Gasteiger partial charge in [0.2, 0.25) is 5.43 Å². The fourth-order valence-electron chi connectivity index (χ4n) is 3.00. The van der Waals surface area contributed by atoms with E-state index in [9.17, 15) is 24.2 Å². The third-order valence-electron chi connectivity index (χ3n) is 4.23. The maximum atomic E-state index is 14.6. The molecule has 3 aromatic rings. The number of pyridine rings is 2. The lowest BCUT2D eigenvalue weighted by Crippen LogP contribution is -2.25. The van der Waals surface area contributed by atoms with E-state index in [1.54, 1.807) is 10.3 Å². The largest absolute Gasteiger partial charge is 0.477 e. The van der Waals surface area contributed by atoms with Crippen molar-refractivity contribution in [1.29, 1.82) is 0 Å². The van der Waals surface area contributed by atoms with E-state index in [1.807, 2.05) is 0 Å². The molecule has 0 saturated carbocycles. The van der Waals surface area contributed by atoms with Crippen LogP contribution in [0.5, 0.6) is 0 Å². The predicted octanol–water partition coefficient (Wildman–Crippen LogP) is 1.67. The number of anilines is 1. The van der Waals surface area contributed by atoms with Gasteiger partial charge in [0.05, 0.1) is 11.5 Å². The van der Waals surface area contributed by atoms with E-state index in [0.29, 0.717) is 18.1 Å². The first kappa shape index (κ1) is 19.2. The lowest BCUT2D eigenvalue weighted by molar-refractivity contribution is 0.0695. The molecular weight excluding hydrogens is 399 g/mol. The van der Waals surface area contributed by atoms with Gasteiger partial charge < -0.3 is 15.1 Å². The fourth-order valence-corrected chi connectivity index (χ4v) is 3.62. The van der Waals surface area contributed by atoms with Crippen LogP contribution >= 0.6 is 23.7 Å². The van der Waals surface area contributed by atoms with E-state index < -0.39 is 28.9 Å². The lowest BCUT2D eigenvalue weighted by atomic mass is 10.2. The highest BCUT2D eigenvalue weighted by Crippen LogP contribution is 2.26. The second kappa shape index (κ2) is 7.22. The molecule has 1 saturated heterocycles. The van der Waals surface area contributed by atoms with Crippen LogP contribution in [0.3, 0.4) is 0 Å². The minimum atomic E-state index is -1.41. The highest BCUT2D eigenvalue weighted by atomic mass is 35.5. The number of hydrogen-bond donors (Lipinski definition) is 2. The molecule has 0 bridgehead atoms. The smallest absolute Gasteiger partial charge is 0.341 e. The van der Waals surface area contributed by atoms with Crippen molar-refractivity contribution in [3.63, 3.8) is 0 Å². The molecule has 1 aliphatic rings. The van der Waals surface area contributed by atoms with Crippen LogP contribution in [-0.2, 0) is 0 Å². The van der Waals surface area contributed by atoms with Gasteiger partial charge in [-0.1, -0.05) is 0 Å². The fraction of sp³-hybridized carbons (Fsp3) is 0.250. The molecule has 1 fully saturated rings. The molecule has 1 unspecified atom stereocenters. The molecule has 11 heteroatoms. The number of β-amino-alcohol motifs (C(OH)–C–C–N with tert-alkyl or cyclic N) is 1. The molecular formula is C16H14ClFN4O4S. The number of carbonyl (C=O) groups is 1. The summed E-state index contributed by atoms with van der Waals surface area (Å²) in [5.41, 5.74) is -1.18. The summed E-state index contributed by atoms with van der Waals surface area (Å²) in [6.45, 7) is 0.676. The number of carboxylic acid groups (broad SMARTS) is 1. The number of aromatic carboxylic acids is 1. The van der Waals surface area contributed by atoms with E-state index in [-0.39, 0.29) is 35.8 Å². The lowest BCUT2D eigenvalue weighted by Gasteiger charge is -2.18. The Bertz CT molecular complexity index is 1070. The Hall–Kier alpha value is -2.56. The van der Waals surface area contributed by atoms with Crippen molar-refractivity contribution in [3.05, 3.63) is 45.4 Å². The zero-order valence-electron chi connectivity index (χ0n) is 13.7. The van der Waals surface area contributed by atoms with Crippen LogP contribution in [0.1, 0.15) is 16.8 Å². The SMILES string of the molecule is Cl.O=C(O)c1cn(-c2nccs2)c2nc(N3CCC(O)C3)c(F)cc2c1=O. The Labute approximate surface area is 161 Å². The van der Waals surface area contributed by atoms with Crippen molar-refractivity contribution in [3.8, 4) is 5.13 Å². The number of carboxylic acids is 1. The standard InChI is InChI=1S/C16H13FN4O4S.ClH/c17-11-5-9-12(23)10(15(24)25)7-21(16-18-2-4-26-16)13(9)19-14(11)20-3-1-8(22)6-20;/h2,4-5,7-8,22H,1,3,6H2,(H,24,25);1H. The Morgan fingerprint density at radius 3 is 2.78 bits per heavy atom. The first-order chi connectivity index (χ1) is 12.5. The van der Waals surface area contributed by atoms with Crippen molar-refractivity contribution in [2.24, 2.45) is 0 Å². The highest BCUT2D eigenvalue weighted by molar-refractivity contribution is 7.12. The summed E-state index contributed by atoms with van der Waals surface area (Å²) < 4.78 is 16.0. The third kappa shape index (κ3) is 3.27. The van der Waals surface area contributed by atoms with Crippen molar-refractivity contribution >= 4 is 46.6 Å². The summed E-state index contributed by atoms with van der Waals surface area (Å²) in [4.78, 5) is 33.9. The number of aliphatic hydroxyl groups is 1. The van der Waals surface area contributed by atoms with E-state index in [0.717, 1.165) is 12.3 Å². The first-order valence-corrected chi connectivity index (χ1v) is 8.65. The summed E-state index contributed by atoms with van der Waals surface area (Å²) in [5, 5.41) is 20.9. The van der Waals surface area contributed by atoms with Crippen molar-refractivity contribution < 1.29 is 19.4 Å². The monoisotopic (exact) mass is 412 g/mol. The van der Waals surface area contributed by atoms with Crippen LogP contribution in [0.15, 0.2) is 28.6 Å². The average molecular weight is 413 g/mol. The van der Waals surface area contributed by atoms with Crippen molar-refractivity contribution in [1.82, 2.24) is 14.5 Å². The van der Waals surface area contributed by atoms with Gasteiger partial charge in [0.25, 0.3) is 0 Å². The van der Waals surface area contributed by atoms with Gasteiger partial charge in [-0.25, -0.2) is 19.2 Å². The highest BCUT2D eigenvalue weighted by Gasteiger charge is 2.26. The molecule has 0 spiro atoms. The Morgan fingerprint density at radius 2 is 2.19 bits per heavy atom. The predicted molar refractivity (Wildman–Crippen MR) is 100 cm³/mol. The molecule has 8 nitrogen and oxygen atoms in total. The average Bonchev–Trinajstić information content (AvgIpc) is 3.26. The molecule has 0 aromatic carbocycles. The minimum Gasteiger partial charge on any atom is -0.477 e. The summed E-state index contributed by atoms with van der Waals surface area (Å²) in [7, 11) is 0. The molecule has 1 atom stereocenters. The number of aromatic nitrogens is 3. The van der Waals surface area contributed by atoms with Gasteiger partial charge in [0, 0.05) is 30.9 Å². The number of aliphatic hydroxyl groups excluding tert-OH is 1. The molecule has 4 heterocycles. The molecule has 0 amide bonds. The number of hydrogen-bond acceptors (Lipinski definition) is 7. The molecule has 3 aromatic heterocycles. The van der Waals surface area contributed by atoms with Crippen LogP contribution in [0.4, 0.5) is 10.2 Å². The van der Waals surface area contributed by atoms with Gasteiger partial charge in [0.1, 0.15) is 5.56 Å². The van der Waals surface area contributed by atoms with Crippen LogP contribution < -0.4 is 10.3 Å². The second-order valence-corrected chi connectivity index (χ2v) is 6.79. The molecule has 1 aliphatic heterocycles. The number of rotatable bonds is 3. The van der Waals surface area contributed by atoms with Gasteiger partial charge >= 0.3 is 5.97 Å². The number of thiazole rings is 1. The van der Waals surface area contributed by atoms with Gasteiger partial charge in [-0.2, -0.15) is 0 Å². The molecule has 142 valence electrons. The van der Waals surface area contributed by atoms with Crippen LogP contribution in [0.25, 0.3) is 16.2 Å². The van der Waals surface area contributed by atoms with Crippen LogP contribution in [0.2, 0.25) is 0 Å².